The third kappa shape index (κ3) is 3.93. The van der Waals surface area contributed by atoms with Crippen molar-refractivity contribution in [3.05, 3.63) is 0 Å². The first kappa shape index (κ1) is 11.2. The van der Waals surface area contributed by atoms with Crippen LogP contribution < -0.4 is 11.9 Å². The summed E-state index contributed by atoms with van der Waals surface area (Å²) in [6.45, 7) is 3.55. The SMILES string of the molecule is CC(C)C(N)C(=O)O.N. The molecule has 56 valence electrons. The maximum atomic E-state index is 10.0. The standard InChI is InChI=1S/C5H11NO2.H3N/c1-3(2)4(6)5(7)8;/h3-4H,6H2,1-2H3,(H,7,8);1H3. The summed E-state index contributed by atoms with van der Waals surface area (Å²) in [6, 6.07) is -0.713. The van der Waals surface area contributed by atoms with Gasteiger partial charge in [-0.25, -0.2) is 0 Å². The van der Waals surface area contributed by atoms with Gasteiger partial charge in [-0.2, -0.15) is 0 Å². The van der Waals surface area contributed by atoms with Crippen molar-refractivity contribution < 1.29 is 9.90 Å². The summed E-state index contributed by atoms with van der Waals surface area (Å²) in [4.78, 5) is 10.0. The molecule has 1 atom stereocenters. The normalized spacial score (nSPS) is 12.4. The fourth-order valence-electron chi connectivity index (χ4n) is 0.285. The van der Waals surface area contributed by atoms with E-state index in [-0.39, 0.29) is 12.1 Å². The minimum absolute atomic E-state index is 0. The van der Waals surface area contributed by atoms with E-state index in [0.717, 1.165) is 0 Å². The van der Waals surface area contributed by atoms with Crippen molar-refractivity contribution in [3.8, 4) is 0 Å². The molecule has 0 radical (unpaired) electrons. The van der Waals surface area contributed by atoms with Gasteiger partial charge in [0.15, 0.2) is 0 Å². The molecule has 0 aromatic carbocycles. The van der Waals surface area contributed by atoms with Crippen LogP contribution in [0.5, 0.6) is 0 Å². The summed E-state index contributed by atoms with van der Waals surface area (Å²) >= 11 is 0. The molecule has 0 aliphatic rings. The van der Waals surface area contributed by atoms with Crippen LogP contribution in [0.1, 0.15) is 13.8 Å². The summed E-state index contributed by atoms with van der Waals surface area (Å²) in [7, 11) is 0. The van der Waals surface area contributed by atoms with Gasteiger partial charge in [0.1, 0.15) is 6.04 Å². The van der Waals surface area contributed by atoms with Crippen LogP contribution in [0, 0.1) is 5.92 Å². The second-order valence-electron chi connectivity index (χ2n) is 2.11. The highest BCUT2D eigenvalue weighted by atomic mass is 16.4. The molecule has 4 heteroatoms. The zero-order chi connectivity index (χ0) is 6.73. The first-order valence-corrected chi connectivity index (χ1v) is 2.54. The van der Waals surface area contributed by atoms with E-state index < -0.39 is 12.0 Å². The Morgan fingerprint density at radius 2 is 1.89 bits per heavy atom. The lowest BCUT2D eigenvalue weighted by atomic mass is 10.1. The summed E-state index contributed by atoms with van der Waals surface area (Å²) < 4.78 is 0. The van der Waals surface area contributed by atoms with Gasteiger partial charge >= 0.3 is 5.97 Å². The lowest BCUT2D eigenvalue weighted by Crippen LogP contribution is -2.34. The monoisotopic (exact) mass is 134 g/mol. The topological polar surface area (TPSA) is 98.3 Å². The van der Waals surface area contributed by atoms with Crippen molar-refractivity contribution in [2.45, 2.75) is 19.9 Å². The minimum Gasteiger partial charge on any atom is -0.480 e. The van der Waals surface area contributed by atoms with E-state index in [9.17, 15) is 4.79 Å². The number of carboxylic acid groups (broad SMARTS) is 1. The maximum absolute atomic E-state index is 10.0. The molecule has 0 aliphatic heterocycles. The van der Waals surface area contributed by atoms with E-state index in [1.807, 2.05) is 0 Å². The number of hydrogen-bond donors (Lipinski definition) is 3. The minimum atomic E-state index is -0.931. The molecule has 0 spiro atoms. The molecule has 0 fully saturated rings. The Labute approximate surface area is 54.6 Å². The van der Waals surface area contributed by atoms with Gasteiger partial charge < -0.3 is 17.0 Å². The largest absolute Gasteiger partial charge is 0.480 e. The van der Waals surface area contributed by atoms with E-state index in [2.05, 4.69) is 0 Å². The number of rotatable bonds is 2. The lowest BCUT2D eigenvalue weighted by molar-refractivity contribution is -0.139. The van der Waals surface area contributed by atoms with Gasteiger partial charge in [-0.05, 0) is 5.92 Å². The molecule has 0 aromatic rings. The van der Waals surface area contributed by atoms with E-state index in [1.54, 1.807) is 13.8 Å². The van der Waals surface area contributed by atoms with Crippen LogP contribution >= 0.6 is 0 Å². The molecular formula is C5H14N2O2. The number of hydrogen-bond acceptors (Lipinski definition) is 3. The van der Waals surface area contributed by atoms with Gasteiger partial charge in [0, 0.05) is 0 Å². The van der Waals surface area contributed by atoms with Gasteiger partial charge in [0.2, 0.25) is 0 Å². The van der Waals surface area contributed by atoms with Crippen molar-refractivity contribution in [2.24, 2.45) is 11.7 Å². The fraction of sp³-hybridized carbons (Fsp3) is 0.800. The average molecular weight is 134 g/mol. The van der Waals surface area contributed by atoms with Crippen LogP contribution in [0.3, 0.4) is 0 Å². The highest BCUT2D eigenvalue weighted by Crippen LogP contribution is 1.96. The highest BCUT2D eigenvalue weighted by molar-refractivity contribution is 5.73. The molecule has 0 aromatic heterocycles. The molecular weight excluding hydrogens is 120 g/mol. The predicted molar refractivity (Wildman–Crippen MR) is 35.5 cm³/mol. The highest BCUT2D eigenvalue weighted by Gasteiger charge is 2.14. The summed E-state index contributed by atoms with van der Waals surface area (Å²) in [5, 5.41) is 8.23. The zero-order valence-electron chi connectivity index (χ0n) is 5.79. The van der Waals surface area contributed by atoms with Crippen LogP contribution in [0.4, 0.5) is 0 Å². The van der Waals surface area contributed by atoms with E-state index in [1.165, 1.54) is 0 Å². The molecule has 0 rings (SSSR count). The van der Waals surface area contributed by atoms with Crippen molar-refractivity contribution in [3.63, 3.8) is 0 Å². The van der Waals surface area contributed by atoms with Crippen LogP contribution in [0.2, 0.25) is 0 Å². The molecule has 9 heavy (non-hydrogen) atoms. The summed E-state index contributed by atoms with van der Waals surface area (Å²) in [5.74, 6) is -0.910. The molecule has 0 amide bonds. The third-order valence-electron chi connectivity index (χ3n) is 1.00. The molecule has 4 nitrogen and oxygen atoms in total. The van der Waals surface area contributed by atoms with Crippen molar-refractivity contribution in [1.82, 2.24) is 6.15 Å². The summed E-state index contributed by atoms with van der Waals surface area (Å²) in [5.41, 5.74) is 5.16. The van der Waals surface area contributed by atoms with Crippen molar-refractivity contribution in [1.29, 1.82) is 0 Å². The van der Waals surface area contributed by atoms with Crippen LogP contribution in [0.25, 0.3) is 0 Å². The first-order valence-electron chi connectivity index (χ1n) is 2.54. The lowest BCUT2D eigenvalue weighted by Gasteiger charge is -2.07. The second kappa shape index (κ2) is 4.29. The number of carbonyl (C=O) groups is 1. The van der Waals surface area contributed by atoms with Crippen molar-refractivity contribution >= 4 is 5.97 Å². The molecule has 6 N–H and O–H groups in total. The number of carboxylic acids is 1. The predicted octanol–water partition coefficient (Wildman–Crippen LogP) is 0.216. The molecule has 0 bridgehead atoms. The second-order valence-corrected chi connectivity index (χ2v) is 2.11. The smallest absolute Gasteiger partial charge is 0.320 e. The molecule has 0 saturated heterocycles. The Hall–Kier alpha value is -0.610. The first-order chi connectivity index (χ1) is 3.55. The van der Waals surface area contributed by atoms with Gasteiger partial charge in [-0.3, -0.25) is 4.79 Å². The van der Waals surface area contributed by atoms with E-state index in [4.69, 9.17) is 10.8 Å². The van der Waals surface area contributed by atoms with Crippen LogP contribution in [-0.4, -0.2) is 17.1 Å². The Balaban J connectivity index is 0. The molecule has 0 heterocycles. The van der Waals surface area contributed by atoms with Gasteiger partial charge in [-0.15, -0.1) is 0 Å². The Morgan fingerprint density at radius 1 is 1.56 bits per heavy atom. The van der Waals surface area contributed by atoms with E-state index >= 15 is 0 Å². The maximum Gasteiger partial charge on any atom is 0.320 e. The number of nitrogens with two attached hydrogens (primary N) is 1. The Bertz CT molecular complexity index is 93.0. The molecule has 0 aliphatic carbocycles. The van der Waals surface area contributed by atoms with Crippen LogP contribution in [-0.2, 0) is 4.79 Å². The Morgan fingerprint density at radius 3 is 1.89 bits per heavy atom. The zero-order valence-corrected chi connectivity index (χ0v) is 5.79. The Kier molecular flexibility index (Phi) is 5.34. The van der Waals surface area contributed by atoms with Crippen LogP contribution in [0.15, 0.2) is 0 Å². The molecule has 1 unspecified atom stereocenters. The fourth-order valence-corrected chi connectivity index (χ4v) is 0.285. The van der Waals surface area contributed by atoms with Crippen molar-refractivity contribution in [2.75, 3.05) is 0 Å². The van der Waals surface area contributed by atoms with Gasteiger partial charge in [0.05, 0.1) is 0 Å². The number of aliphatic carboxylic acids is 1. The van der Waals surface area contributed by atoms with Gasteiger partial charge in [0.25, 0.3) is 0 Å². The third-order valence-corrected chi connectivity index (χ3v) is 1.00. The average Bonchev–Trinajstić information content (AvgIpc) is 1.64. The summed E-state index contributed by atoms with van der Waals surface area (Å²) in [6.07, 6.45) is 0. The van der Waals surface area contributed by atoms with Gasteiger partial charge in [-0.1, -0.05) is 13.8 Å². The quantitative estimate of drug-likeness (QED) is 0.503. The van der Waals surface area contributed by atoms with E-state index in [0.29, 0.717) is 0 Å². The molecule has 0 saturated carbocycles.